The third kappa shape index (κ3) is 4.99. The van der Waals surface area contributed by atoms with Crippen LogP contribution in [-0.2, 0) is 9.59 Å². The normalized spacial score (nSPS) is 12.2. The molecular weight excluding hydrogens is 248 g/mol. The average molecular weight is 264 g/mol. The number of benzene rings is 1. The van der Waals surface area contributed by atoms with Crippen LogP contribution in [0, 0.1) is 5.92 Å². The molecule has 0 aliphatic heterocycles. The molecule has 0 N–H and O–H groups in total. The smallest absolute Gasteiger partial charge is 0.119 e. The van der Waals surface area contributed by atoms with E-state index in [1.165, 1.54) is 12.1 Å². The fourth-order valence-electron chi connectivity index (χ4n) is 1.56. The van der Waals surface area contributed by atoms with Gasteiger partial charge in [0.1, 0.15) is 5.75 Å². The number of carbonyl (C=O) groups is 2. The molecule has 0 radical (unpaired) electrons. The van der Waals surface area contributed by atoms with Crippen LogP contribution in [0.3, 0.4) is 0 Å². The lowest BCUT2D eigenvalue weighted by Gasteiger charge is -2.19. The lowest BCUT2D eigenvalue weighted by molar-refractivity contribution is -0.317. The van der Waals surface area contributed by atoms with E-state index < -0.39 is 24.3 Å². The summed E-state index contributed by atoms with van der Waals surface area (Å²) >= 11 is 0. The third-order valence-electron chi connectivity index (χ3n) is 2.52. The highest BCUT2D eigenvalue weighted by molar-refractivity contribution is 5.80. The van der Waals surface area contributed by atoms with Crippen molar-refractivity contribution >= 4 is 11.9 Å². The highest BCUT2D eigenvalue weighted by atomic mass is 16.5. The van der Waals surface area contributed by atoms with Crippen LogP contribution in [0.2, 0.25) is 0 Å². The van der Waals surface area contributed by atoms with Crippen LogP contribution in [0.1, 0.15) is 31.7 Å². The van der Waals surface area contributed by atoms with Crippen LogP contribution in [-0.4, -0.2) is 18.5 Å². The van der Waals surface area contributed by atoms with Crippen molar-refractivity contribution in [2.75, 3.05) is 6.61 Å². The molecule has 1 rings (SSSR count). The van der Waals surface area contributed by atoms with Gasteiger partial charge >= 0.3 is 0 Å². The van der Waals surface area contributed by atoms with Gasteiger partial charge in [-0.05, 0) is 30.0 Å². The van der Waals surface area contributed by atoms with Crippen LogP contribution < -0.4 is 14.9 Å². The number of rotatable bonds is 7. The number of aliphatic carboxylic acids is 2. The van der Waals surface area contributed by atoms with E-state index in [9.17, 15) is 19.8 Å². The zero-order chi connectivity index (χ0) is 14.4. The summed E-state index contributed by atoms with van der Waals surface area (Å²) in [7, 11) is 0. The maximum absolute atomic E-state index is 10.9. The highest BCUT2D eigenvalue weighted by Gasteiger charge is 2.13. The van der Waals surface area contributed by atoms with E-state index in [2.05, 4.69) is 0 Å². The molecule has 0 aromatic heterocycles. The molecule has 0 aliphatic rings. The van der Waals surface area contributed by atoms with Crippen LogP contribution >= 0.6 is 0 Å². The van der Waals surface area contributed by atoms with Gasteiger partial charge in [-0.25, -0.2) is 0 Å². The van der Waals surface area contributed by atoms with Crippen LogP contribution in [0.5, 0.6) is 5.75 Å². The average Bonchev–Trinajstić information content (AvgIpc) is 2.33. The molecule has 0 fully saturated rings. The van der Waals surface area contributed by atoms with Gasteiger partial charge in [0.15, 0.2) is 0 Å². The van der Waals surface area contributed by atoms with Gasteiger partial charge in [0.05, 0.1) is 6.61 Å². The maximum Gasteiger partial charge on any atom is 0.119 e. The van der Waals surface area contributed by atoms with E-state index in [1.807, 2.05) is 13.8 Å². The van der Waals surface area contributed by atoms with Crippen molar-refractivity contribution in [3.8, 4) is 5.75 Å². The molecule has 0 spiro atoms. The summed E-state index contributed by atoms with van der Waals surface area (Å²) in [5.41, 5.74) is 0.362. The Kier molecular flexibility index (Phi) is 5.36. The van der Waals surface area contributed by atoms with Gasteiger partial charge < -0.3 is 24.5 Å². The molecule has 0 amide bonds. The summed E-state index contributed by atoms with van der Waals surface area (Å²) < 4.78 is 5.45. The van der Waals surface area contributed by atoms with Gasteiger partial charge in [0.25, 0.3) is 0 Å². The molecule has 104 valence electrons. The number of carboxylic acid groups (broad SMARTS) is 2. The van der Waals surface area contributed by atoms with Crippen molar-refractivity contribution in [2.24, 2.45) is 5.92 Å². The molecule has 1 aromatic rings. The molecule has 0 heterocycles. The molecule has 19 heavy (non-hydrogen) atoms. The maximum atomic E-state index is 10.9. The minimum absolute atomic E-state index is 0.362. The number of hydrogen-bond acceptors (Lipinski definition) is 5. The van der Waals surface area contributed by atoms with Gasteiger partial charge in [-0.15, -0.1) is 0 Å². The molecule has 1 unspecified atom stereocenters. The summed E-state index contributed by atoms with van der Waals surface area (Å²) in [6, 6.07) is 6.28. The minimum atomic E-state index is -1.43. The first kappa shape index (κ1) is 15.0. The monoisotopic (exact) mass is 264 g/mol. The lowest BCUT2D eigenvalue weighted by Crippen LogP contribution is -2.34. The van der Waals surface area contributed by atoms with E-state index in [1.54, 1.807) is 12.1 Å². The Balaban J connectivity index is 2.77. The number of hydrogen-bond donors (Lipinski definition) is 0. The largest absolute Gasteiger partial charge is 0.550 e. The Bertz CT molecular complexity index is 436. The Morgan fingerprint density at radius 3 is 2.16 bits per heavy atom. The fraction of sp³-hybridized carbons (Fsp3) is 0.429. The van der Waals surface area contributed by atoms with E-state index in [0.29, 0.717) is 23.8 Å². The van der Waals surface area contributed by atoms with Gasteiger partial charge in [0, 0.05) is 17.9 Å². The van der Waals surface area contributed by atoms with E-state index >= 15 is 0 Å². The van der Waals surface area contributed by atoms with Gasteiger partial charge in [0.2, 0.25) is 0 Å². The van der Waals surface area contributed by atoms with Gasteiger partial charge in [-0.2, -0.15) is 0 Å². The van der Waals surface area contributed by atoms with Crippen molar-refractivity contribution in [1.29, 1.82) is 0 Å². The SMILES string of the molecule is CC(C)COc1ccc(C(CC(=O)[O-])C(=O)[O-])cc1. The predicted molar refractivity (Wildman–Crippen MR) is 64.1 cm³/mol. The Hall–Kier alpha value is -2.04. The van der Waals surface area contributed by atoms with Gasteiger partial charge in [-0.3, -0.25) is 0 Å². The number of carbonyl (C=O) groups excluding carboxylic acids is 2. The molecule has 5 heteroatoms. The number of carboxylic acids is 2. The topological polar surface area (TPSA) is 89.5 Å². The summed E-state index contributed by atoms with van der Waals surface area (Å²) in [5, 5.41) is 21.4. The summed E-state index contributed by atoms with van der Waals surface area (Å²) in [6.45, 7) is 4.59. The Morgan fingerprint density at radius 1 is 1.16 bits per heavy atom. The molecule has 0 bridgehead atoms. The molecule has 1 atom stereocenters. The molecule has 0 aliphatic carbocycles. The van der Waals surface area contributed by atoms with Crippen molar-refractivity contribution in [3.63, 3.8) is 0 Å². The molecule has 0 saturated heterocycles. The quantitative estimate of drug-likeness (QED) is 0.674. The first-order chi connectivity index (χ1) is 8.90. The van der Waals surface area contributed by atoms with Crippen LogP contribution in [0.25, 0.3) is 0 Å². The zero-order valence-corrected chi connectivity index (χ0v) is 10.9. The predicted octanol–water partition coefficient (Wildman–Crippen LogP) is -0.305. The van der Waals surface area contributed by atoms with Crippen LogP contribution in [0.4, 0.5) is 0 Å². The van der Waals surface area contributed by atoms with E-state index in [4.69, 9.17) is 4.74 Å². The summed E-state index contributed by atoms with van der Waals surface area (Å²) in [4.78, 5) is 21.4. The van der Waals surface area contributed by atoms with Crippen molar-refractivity contribution in [3.05, 3.63) is 29.8 Å². The standard InChI is InChI=1S/C14H18O5/c1-9(2)8-19-11-5-3-10(4-6-11)12(14(17)18)7-13(15)16/h3-6,9,12H,7-8H2,1-2H3,(H,15,16)(H,17,18)/p-2. The summed E-state index contributed by atoms with van der Waals surface area (Å²) in [6.07, 6.45) is -0.603. The lowest BCUT2D eigenvalue weighted by atomic mass is 9.96. The molecular formula is C14H16O5-2. The number of ether oxygens (including phenoxy) is 1. The molecule has 1 aromatic carbocycles. The zero-order valence-electron chi connectivity index (χ0n) is 10.9. The summed E-state index contributed by atoms with van der Waals surface area (Å²) in [5.74, 6) is -3.06. The van der Waals surface area contributed by atoms with Crippen molar-refractivity contribution in [1.82, 2.24) is 0 Å². The van der Waals surface area contributed by atoms with Crippen molar-refractivity contribution in [2.45, 2.75) is 26.2 Å². The minimum Gasteiger partial charge on any atom is -0.550 e. The second-order valence-corrected chi connectivity index (χ2v) is 4.72. The van der Waals surface area contributed by atoms with E-state index in [0.717, 1.165) is 0 Å². The van der Waals surface area contributed by atoms with Gasteiger partial charge in [-0.1, -0.05) is 26.0 Å². The molecule has 5 nitrogen and oxygen atoms in total. The van der Waals surface area contributed by atoms with E-state index in [-0.39, 0.29) is 0 Å². The second-order valence-electron chi connectivity index (χ2n) is 4.72. The third-order valence-corrected chi connectivity index (χ3v) is 2.52. The van der Waals surface area contributed by atoms with Crippen molar-refractivity contribution < 1.29 is 24.5 Å². The first-order valence-electron chi connectivity index (χ1n) is 6.03. The van der Waals surface area contributed by atoms with Crippen LogP contribution in [0.15, 0.2) is 24.3 Å². The first-order valence-corrected chi connectivity index (χ1v) is 6.03. The Morgan fingerprint density at radius 2 is 1.74 bits per heavy atom. The second kappa shape index (κ2) is 6.78. The highest BCUT2D eigenvalue weighted by Crippen LogP contribution is 2.22. The Labute approximate surface area is 111 Å². The molecule has 0 saturated carbocycles. The fourth-order valence-corrected chi connectivity index (χ4v) is 1.56.